The molecule has 0 aliphatic carbocycles. The van der Waals surface area contributed by atoms with Crippen LogP contribution < -0.4 is 10.1 Å². The Hall–Kier alpha value is -2.08. The van der Waals surface area contributed by atoms with Crippen LogP contribution in [0.2, 0.25) is 0 Å². The monoisotopic (exact) mass is 294 g/mol. The Morgan fingerprint density at radius 1 is 1.29 bits per heavy atom. The van der Waals surface area contributed by atoms with Crippen molar-refractivity contribution in [3.8, 4) is 5.75 Å². The Labute approximate surface area is 124 Å². The molecular formula is C15H22N2O4. The molecule has 1 aromatic rings. The first-order valence-electron chi connectivity index (χ1n) is 7.00. The van der Waals surface area contributed by atoms with E-state index in [1.165, 1.54) is 0 Å². The Morgan fingerprint density at radius 2 is 2.00 bits per heavy atom. The number of nitrogens with zero attached hydrogens (tertiary/aromatic N) is 1. The Kier molecular flexibility index (Phi) is 7.89. The van der Waals surface area contributed by atoms with E-state index in [1.807, 2.05) is 37.3 Å². The molecule has 0 unspecified atom stereocenters. The van der Waals surface area contributed by atoms with E-state index in [2.05, 4.69) is 5.32 Å². The summed E-state index contributed by atoms with van der Waals surface area (Å²) in [5, 5.41) is 11.4. The van der Waals surface area contributed by atoms with Gasteiger partial charge in [0.15, 0.2) is 0 Å². The number of hydrogen-bond donors (Lipinski definition) is 2. The van der Waals surface area contributed by atoms with Crippen LogP contribution in [0.3, 0.4) is 0 Å². The molecule has 0 saturated carbocycles. The quantitative estimate of drug-likeness (QED) is 0.629. The van der Waals surface area contributed by atoms with Crippen molar-refractivity contribution in [2.75, 3.05) is 32.8 Å². The van der Waals surface area contributed by atoms with Crippen molar-refractivity contribution < 1.29 is 19.4 Å². The van der Waals surface area contributed by atoms with Gasteiger partial charge in [-0.15, -0.1) is 0 Å². The molecule has 1 aromatic carbocycles. The fourth-order valence-electron chi connectivity index (χ4n) is 1.74. The summed E-state index contributed by atoms with van der Waals surface area (Å²) >= 11 is 0. The average Bonchev–Trinajstić information content (AvgIpc) is 2.49. The van der Waals surface area contributed by atoms with E-state index < -0.39 is 5.97 Å². The van der Waals surface area contributed by atoms with E-state index in [0.717, 1.165) is 5.75 Å². The molecule has 0 atom stereocenters. The molecule has 0 bridgehead atoms. The van der Waals surface area contributed by atoms with Crippen LogP contribution in [0.25, 0.3) is 0 Å². The molecule has 6 nitrogen and oxygen atoms in total. The molecule has 0 aliphatic rings. The van der Waals surface area contributed by atoms with Crippen LogP contribution in [0.5, 0.6) is 5.75 Å². The number of aliphatic carboxylic acids is 1. The SMILES string of the molecule is CCN(CCC(=O)O)CC(=O)NCCOc1ccccc1. The predicted molar refractivity (Wildman–Crippen MR) is 79.3 cm³/mol. The Balaban J connectivity index is 2.16. The summed E-state index contributed by atoms with van der Waals surface area (Å²) in [5.41, 5.74) is 0. The second-order valence-electron chi connectivity index (χ2n) is 4.52. The largest absolute Gasteiger partial charge is 0.492 e. The molecule has 0 radical (unpaired) electrons. The van der Waals surface area contributed by atoms with Crippen molar-refractivity contribution in [3.63, 3.8) is 0 Å². The lowest BCUT2D eigenvalue weighted by molar-refractivity contribution is -0.137. The molecule has 2 N–H and O–H groups in total. The molecular weight excluding hydrogens is 272 g/mol. The molecule has 6 heteroatoms. The van der Waals surface area contributed by atoms with Crippen molar-refractivity contribution >= 4 is 11.9 Å². The summed E-state index contributed by atoms with van der Waals surface area (Å²) < 4.78 is 5.46. The van der Waals surface area contributed by atoms with Crippen LogP contribution >= 0.6 is 0 Å². The topological polar surface area (TPSA) is 78.9 Å². The van der Waals surface area contributed by atoms with Crippen molar-refractivity contribution in [1.82, 2.24) is 10.2 Å². The Morgan fingerprint density at radius 3 is 2.62 bits per heavy atom. The molecule has 0 fully saturated rings. The lowest BCUT2D eigenvalue weighted by atomic mass is 10.3. The number of benzene rings is 1. The van der Waals surface area contributed by atoms with E-state index in [4.69, 9.17) is 9.84 Å². The number of para-hydroxylation sites is 1. The van der Waals surface area contributed by atoms with Gasteiger partial charge in [-0.25, -0.2) is 0 Å². The third-order valence-electron chi connectivity index (χ3n) is 2.89. The third-order valence-corrected chi connectivity index (χ3v) is 2.89. The number of carbonyl (C=O) groups is 2. The number of hydrogen-bond acceptors (Lipinski definition) is 4. The van der Waals surface area contributed by atoms with E-state index >= 15 is 0 Å². The number of carbonyl (C=O) groups excluding carboxylic acids is 1. The van der Waals surface area contributed by atoms with Gasteiger partial charge >= 0.3 is 5.97 Å². The molecule has 0 aliphatic heterocycles. The predicted octanol–water partition coefficient (Wildman–Crippen LogP) is 0.978. The lowest BCUT2D eigenvalue weighted by Crippen LogP contribution is -2.39. The minimum Gasteiger partial charge on any atom is -0.492 e. The van der Waals surface area contributed by atoms with E-state index in [0.29, 0.717) is 26.2 Å². The highest BCUT2D eigenvalue weighted by molar-refractivity contribution is 5.78. The van der Waals surface area contributed by atoms with E-state index in [1.54, 1.807) is 4.90 Å². The number of nitrogens with one attached hydrogen (secondary N) is 1. The summed E-state index contributed by atoms with van der Waals surface area (Å²) in [4.78, 5) is 24.0. The van der Waals surface area contributed by atoms with Crippen LogP contribution in [-0.2, 0) is 9.59 Å². The fraction of sp³-hybridized carbons (Fsp3) is 0.467. The first kappa shape index (κ1) is 17.0. The van der Waals surface area contributed by atoms with Gasteiger partial charge in [-0.1, -0.05) is 25.1 Å². The number of amides is 1. The lowest BCUT2D eigenvalue weighted by Gasteiger charge is -2.18. The van der Waals surface area contributed by atoms with Crippen LogP contribution in [0.15, 0.2) is 30.3 Å². The zero-order chi connectivity index (χ0) is 15.5. The van der Waals surface area contributed by atoms with Gasteiger partial charge in [0.05, 0.1) is 19.5 Å². The van der Waals surface area contributed by atoms with Gasteiger partial charge in [-0.3, -0.25) is 14.5 Å². The average molecular weight is 294 g/mol. The van der Waals surface area contributed by atoms with Crippen LogP contribution in [0.4, 0.5) is 0 Å². The maximum absolute atomic E-state index is 11.7. The molecule has 0 heterocycles. The summed E-state index contributed by atoms with van der Waals surface area (Å²) in [6.45, 7) is 3.94. The number of likely N-dealkylation sites (N-methyl/N-ethyl adjacent to an activating group) is 1. The highest BCUT2D eigenvalue weighted by Crippen LogP contribution is 2.07. The fourth-order valence-corrected chi connectivity index (χ4v) is 1.74. The van der Waals surface area contributed by atoms with Gasteiger partial charge in [-0.05, 0) is 18.7 Å². The zero-order valence-electron chi connectivity index (χ0n) is 12.2. The van der Waals surface area contributed by atoms with Crippen molar-refractivity contribution in [1.29, 1.82) is 0 Å². The summed E-state index contributed by atoms with van der Waals surface area (Å²) in [6.07, 6.45) is 0.0399. The number of carboxylic acids is 1. The summed E-state index contributed by atoms with van der Waals surface area (Å²) in [5.74, 6) is -0.215. The molecule has 0 aromatic heterocycles. The third kappa shape index (κ3) is 7.94. The maximum Gasteiger partial charge on any atom is 0.304 e. The molecule has 116 valence electrons. The van der Waals surface area contributed by atoms with Crippen LogP contribution in [0.1, 0.15) is 13.3 Å². The molecule has 1 amide bonds. The number of ether oxygens (including phenoxy) is 1. The Bertz CT molecular complexity index is 437. The summed E-state index contributed by atoms with van der Waals surface area (Å²) in [7, 11) is 0. The smallest absolute Gasteiger partial charge is 0.304 e. The van der Waals surface area contributed by atoms with Gasteiger partial charge in [0.2, 0.25) is 5.91 Å². The molecule has 21 heavy (non-hydrogen) atoms. The van der Waals surface area contributed by atoms with Crippen LogP contribution in [0, 0.1) is 0 Å². The van der Waals surface area contributed by atoms with Crippen LogP contribution in [-0.4, -0.2) is 54.7 Å². The van der Waals surface area contributed by atoms with E-state index in [-0.39, 0.29) is 18.9 Å². The highest BCUT2D eigenvalue weighted by Gasteiger charge is 2.10. The normalized spacial score (nSPS) is 10.4. The van der Waals surface area contributed by atoms with Crippen molar-refractivity contribution in [2.45, 2.75) is 13.3 Å². The molecule has 1 rings (SSSR count). The van der Waals surface area contributed by atoms with Gasteiger partial charge in [0.1, 0.15) is 12.4 Å². The van der Waals surface area contributed by atoms with Gasteiger partial charge in [-0.2, -0.15) is 0 Å². The second-order valence-corrected chi connectivity index (χ2v) is 4.52. The first-order valence-corrected chi connectivity index (χ1v) is 7.00. The van der Waals surface area contributed by atoms with Gasteiger partial charge in [0.25, 0.3) is 0 Å². The highest BCUT2D eigenvalue weighted by atomic mass is 16.5. The van der Waals surface area contributed by atoms with E-state index in [9.17, 15) is 9.59 Å². The first-order chi connectivity index (χ1) is 10.1. The minimum atomic E-state index is -0.856. The van der Waals surface area contributed by atoms with Gasteiger partial charge < -0.3 is 15.2 Å². The minimum absolute atomic E-state index is 0.0399. The number of carboxylic acid groups (broad SMARTS) is 1. The maximum atomic E-state index is 11.7. The zero-order valence-corrected chi connectivity index (χ0v) is 12.2. The molecule has 0 saturated heterocycles. The second kappa shape index (κ2) is 9.77. The van der Waals surface area contributed by atoms with Gasteiger partial charge in [0, 0.05) is 6.54 Å². The standard InChI is InChI=1S/C15H22N2O4/c1-2-17(10-8-15(19)20)12-14(18)16-9-11-21-13-6-4-3-5-7-13/h3-7H,2,8-12H2,1H3,(H,16,18)(H,19,20). The van der Waals surface area contributed by atoms with Crippen molar-refractivity contribution in [3.05, 3.63) is 30.3 Å². The number of rotatable bonds is 10. The molecule has 0 spiro atoms. The van der Waals surface area contributed by atoms with Crippen molar-refractivity contribution in [2.24, 2.45) is 0 Å². The summed E-state index contributed by atoms with van der Waals surface area (Å²) in [6, 6.07) is 9.38.